The highest BCUT2D eigenvalue weighted by Gasteiger charge is 2.21. The van der Waals surface area contributed by atoms with Gasteiger partial charge >= 0.3 is 5.69 Å². The van der Waals surface area contributed by atoms with Gasteiger partial charge in [-0.15, -0.1) is 11.8 Å². The van der Waals surface area contributed by atoms with Crippen molar-refractivity contribution in [3.05, 3.63) is 46.1 Å². The predicted octanol–water partition coefficient (Wildman–Crippen LogP) is 1.44. The van der Waals surface area contributed by atoms with E-state index in [2.05, 4.69) is 10.4 Å². The van der Waals surface area contributed by atoms with Crippen molar-refractivity contribution in [3.8, 4) is 0 Å². The van der Waals surface area contributed by atoms with E-state index in [-0.39, 0.29) is 17.6 Å². The van der Waals surface area contributed by atoms with Gasteiger partial charge in [-0.25, -0.2) is 9.48 Å². The Balaban J connectivity index is 1.65. The van der Waals surface area contributed by atoms with E-state index in [0.717, 1.165) is 23.6 Å². The fraction of sp³-hybridized carbons (Fsp3) is 0.438. The summed E-state index contributed by atoms with van der Waals surface area (Å²) in [4.78, 5) is 25.4. The van der Waals surface area contributed by atoms with Gasteiger partial charge in [0.1, 0.15) is 5.82 Å². The normalized spacial score (nSPS) is 17.4. The lowest BCUT2D eigenvalue weighted by Gasteiger charge is -2.16. The monoisotopic (exact) mass is 332 g/mol. The van der Waals surface area contributed by atoms with Crippen molar-refractivity contribution in [3.63, 3.8) is 0 Å². The number of aromatic nitrogens is 3. The smallest absolute Gasteiger partial charge is 0.345 e. The molecule has 0 fully saturated rings. The Morgan fingerprint density at radius 2 is 2.04 bits per heavy atom. The second kappa shape index (κ2) is 6.62. The Hall–Kier alpha value is -2.02. The molecule has 0 saturated carbocycles. The van der Waals surface area contributed by atoms with Crippen LogP contribution in [0.15, 0.2) is 34.0 Å². The number of hydrogen-bond donors (Lipinski definition) is 1. The molecule has 1 aromatic carbocycles. The Morgan fingerprint density at radius 3 is 2.74 bits per heavy atom. The van der Waals surface area contributed by atoms with E-state index >= 15 is 0 Å². The Morgan fingerprint density at radius 1 is 1.30 bits per heavy atom. The summed E-state index contributed by atoms with van der Waals surface area (Å²) < 4.78 is 3.08. The van der Waals surface area contributed by atoms with Crippen LogP contribution in [0.4, 0.5) is 0 Å². The van der Waals surface area contributed by atoms with Gasteiger partial charge in [0.2, 0.25) is 0 Å². The fourth-order valence-corrected chi connectivity index (χ4v) is 3.26. The summed E-state index contributed by atoms with van der Waals surface area (Å²) in [5, 5.41) is 7.33. The van der Waals surface area contributed by atoms with E-state index in [1.165, 1.54) is 4.68 Å². The van der Waals surface area contributed by atoms with Crippen molar-refractivity contribution in [2.45, 2.75) is 36.7 Å². The number of carbonyl (C=O) groups is 1. The number of carbonyl (C=O) groups excluding carboxylic acids is 1. The molecule has 3 rings (SSSR count). The Bertz CT molecular complexity index is 763. The number of thioether (sulfide) groups is 1. The first kappa shape index (κ1) is 15.9. The Kier molecular flexibility index (Phi) is 4.56. The lowest BCUT2D eigenvalue weighted by Crippen LogP contribution is -2.35. The molecule has 1 aromatic heterocycles. The van der Waals surface area contributed by atoms with E-state index in [4.69, 9.17) is 0 Å². The molecule has 0 radical (unpaired) electrons. The summed E-state index contributed by atoms with van der Waals surface area (Å²) in [5.41, 5.74) is 0.584. The number of nitrogens with zero attached hydrogens (tertiary/aromatic N) is 3. The topological polar surface area (TPSA) is 68.9 Å². The molecular formula is C16H20N4O2S. The van der Waals surface area contributed by atoms with Gasteiger partial charge in [-0.2, -0.15) is 5.10 Å². The summed E-state index contributed by atoms with van der Waals surface area (Å²) >= 11 is 1.65. The first-order valence-electron chi connectivity index (χ1n) is 7.66. The standard InChI is InChI=1S/C16H20N4O2S/c1-19-16(22)20-10-9-12(5-8-14(20)18-19)17-15(21)11-3-6-13(23-2)7-4-11/h3-4,6-7,12H,5,8-10H2,1-2H3,(H,17,21). The molecule has 1 unspecified atom stereocenters. The van der Waals surface area contributed by atoms with Crippen LogP contribution in [0.25, 0.3) is 0 Å². The van der Waals surface area contributed by atoms with E-state index < -0.39 is 0 Å². The minimum absolute atomic E-state index is 0.0601. The molecule has 0 aliphatic carbocycles. The second-order valence-corrected chi connectivity index (χ2v) is 6.58. The summed E-state index contributed by atoms with van der Waals surface area (Å²) in [6.45, 7) is 0.596. The van der Waals surface area contributed by atoms with E-state index in [9.17, 15) is 9.59 Å². The van der Waals surface area contributed by atoms with Gasteiger partial charge in [0.05, 0.1) is 0 Å². The van der Waals surface area contributed by atoms with Crippen LogP contribution in [-0.2, 0) is 20.0 Å². The average molecular weight is 332 g/mol. The zero-order chi connectivity index (χ0) is 16.4. The summed E-state index contributed by atoms with van der Waals surface area (Å²) in [6.07, 6.45) is 4.25. The van der Waals surface area contributed by atoms with E-state index in [1.807, 2.05) is 30.5 Å². The summed E-state index contributed by atoms with van der Waals surface area (Å²) in [7, 11) is 1.67. The highest BCUT2D eigenvalue weighted by Crippen LogP contribution is 2.16. The van der Waals surface area contributed by atoms with Gasteiger partial charge < -0.3 is 5.32 Å². The molecule has 1 atom stereocenters. The zero-order valence-corrected chi connectivity index (χ0v) is 14.1. The number of amides is 1. The maximum absolute atomic E-state index is 12.4. The largest absolute Gasteiger partial charge is 0.349 e. The van der Waals surface area contributed by atoms with Gasteiger partial charge in [0.25, 0.3) is 5.91 Å². The predicted molar refractivity (Wildman–Crippen MR) is 89.9 cm³/mol. The highest BCUT2D eigenvalue weighted by molar-refractivity contribution is 7.98. The fourth-order valence-electron chi connectivity index (χ4n) is 2.85. The van der Waals surface area contributed by atoms with Crippen molar-refractivity contribution in [1.29, 1.82) is 0 Å². The van der Waals surface area contributed by atoms with Gasteiger partial charge in [0, 0.05) is 36.5 Å². The van der Waals surface area contributed by atoms with Gasteiger partial charge in [0.15, 0.2) is 0 Å². The molecule has 6 nitrogen and oxygen atoms in total. The average Bonchev–Trinajstić information content (AvgIpc) is 2.73. The maximum atomic E-state index is 12.4. The number of nitrogens with one attached hydrogen (secondary N) is 1. The number of rotatable bonds is 3. The number of hydrogen-bond acceptors (Lipinski definition) is 4. The molecule has 23 heavy (non-hydrogen) atoms. The molecule has 7 heteroatoms. The third-order valence-electron chi connectivity index (χ3n) is 4.19. The first-order valence-corrected chi connectivity index (χ1v) is 8.88. The number of fused-ring (bicyclic) bond motifs is 1. The third kappa shape index (κ3) is 3.34. The van der Waals surface area contributed by atoms with Crippen molar-refractivity contribution in [1.82, 2.24) is 19.7 Å². The molecule has 1 N–H and O–H groups in total. The van der Waals surface area contributed by atoms with Gasteiger partial charge in [-0.1, -0.05) is 0 Å². The van der Waals surface area contributed by atoms with E-state index in [0.29, 0.717) is 18.5 Å². The van der Waals surface area contributed by atoms with Crippen LogP contribution in [0.1, 0.15) is 29.0 Å². The van der Waals surface area contributed by atoms with Crippen LogP contribution in [-0.4, -0.2) is 32.6 Å². The Labute approximate surface area is 138 Å². The van der Waals surface area contributed by atoms with Crippen LogP contribution < -0.4 is 11.0 Å². The van der Waals surface area contributed by atoms with Crippen molar-refractivity contribution >= 4 is 17.7 Å². The summed E-state index contributed by atoms with van der Waals surface area (Å²) in [6, 6.07) is 7.66. The van der Waals surface area contributed by atoms with Gasteiger partial charge in [-0.3, -0.25) is 9.36 Å². The molecule has 0 bridgehead atoms. The molecule has 1 aliphatic rings. The lowest BCUT2D eigenvalue weighted by atomic mass is 10.1. The van der Waals surface area contributed by atoms with Crippen molar-refractivity contribution in [2.24, 2.45) is 7.05 Å². The molecule has 2 heterocycles. The highest BCUT2D eigenvalue weighted by atomic mass is 32.2. The summed E-state index contributed by atoms with van der Waals surface area (Å²) in [5.74, 6) is 0.744. The minimum atomic E-state index is -0.0837. The van der Waals surface area contributed by atoms with Crippen LogP contribution in [0.3, 0.4) is 0 Å². The molecule has 122 valence electrons. The lowest BCUT2D eigenvalue weighted by molar-refractivity contribution is 0.0933. The second-order valence-electron chi connectivity index (χ2n) is 5.70. The van der Waals surface area contributed by atoms with Crippen LogP contribution >= 0.6 is 11.8 Å². The first-order chi connectivity index (χ1) is 11.1. The van der Waals surface area contributed by atoms with Crippen molar-refractivity contribution in [2.75, 3.05) is 6.26 Å². The molecule has 1 amide bonds. The SMILES string of the molecule is CSc1ccc(C(=O)NC2CCc3nn(C)c(=O)n3CC2)cc1. The maximum Gasteiger partial charge on any atom is 0.345 e. The third-order valence-corrected chi connectivity index (χ3v) is 4.93. The zero-order valence-electron chi connectivity index (χ0n) is 13.3. The molecule has 2 aromatic rings. The number of benzene rings is 1. The van der Waals surface area contributed by atoms with Crippen LogP contribution in [0.5, 0.6) is 0 Å². The van der Waals surface area contributed by atoms with Gasteiger partial charge in [-0.05, 0) is 43.4 Å². The van der Waals surface area contributed by atoms with Crippen LogP contribution in [0, 0.1) is 0 Å². The van der Waals surface area contributed by atoms with Crippen molar-refractivity contribution < 1.29 is 4.79 Å². The molecule has 1 aliphatic heterocycles. The minimum Gasteiger partial charge on any atom is -0.349 e. The quantitative estimate of drug-likeness (QED) is 0.864. The molecule has 0 spiro atoms. The molecular weight excluding hydrogens is 312 g/mol. The van der Waals surface area contributed by atoms with Crippen LogP contribution in [0.2, 0.25) is 0 Å². The number of aryl methyl sites for hydroxylation is 2. The molecule has 0 saturated heterocycles. The van der Waals surface area contributed by atoms with E-state index in [1.54, 1.807) is 23.4 Å².